The van der Waals surface area contributed by atoms with Gasteiger partial charge < -0.3 is 4.74 Å². The first-order valence-electron chi connectivity index (χ1n) is 13.8. The molecular formula is C28H42O2. The Balaban J connectivity index is 0.910. The molecule has 0 bridgehead atoms. The van der Waals surface area contributed by atoms with Crippen molar-refractivity contribution < 1.29 is 9.53 Å². The number of hydrogen-bond donors (Lipinski definition) is 0. The summed E-state index contributed by atoms with van der Waals surface area (Å²) in [5, 5.41) is 0. The van der Waals surface area contributed by atoms with E-state index in [1.165, 1.54) is 32.1 Å². The number of hydrogen-bond acceptors (Lipinski definition) is 2. The fraction of sp³-hybridized carbons (Fsp3) is 0.964. The van der Waals surface area contributed by atoms with E-state index in [0.29, 0.717) is 13.0 Å². The van der Waals surface area contributed by atoms with Crippen LogP contribution >= 0.6 is 0 Å². The number of fused-ring (bicyclic) bond motifs is 6. The standard InChI is InChI=1S/C28H42O2/c29-28-2-1-16-5-18(16)7-20-9-22(20)11-24-13-26(24)15-27-14-25(27)12-23-10-21(23)8-19-6-17(19)3-4-30-28/h16-27H,1-15H2/t16?,17?,18?,19-,20?,21?,22?,23?,24?,25?,26?,27?/m1/s1. The summed E-state index contributed by atoms with van der Waals surface area (Å²) in [7, 11) is 0. The number of rotatable bonds is 0. The van der Waals surface area contributed by atoms with Gasteiger partial charge in [-0.3, -0.25) is 4.79 Å². The Kier molecular flexibility index (Phi) is 4.58. The number of ether oxygens (including phenoxy) is 1. The molecule has 30 heavy (non-hydrogen) atoms. The summed E-state index contributed by atoms with van der Waals surface area (Å²) in [6.45, 7) is 0.692. The van der Waals surface area contributed by atoms with E-state index in [1.54, 1.807) is 38.5 Å². The van der Waals surface area contributed by atoms with Crippen LogP contribution in [0.2, 0.25) is 0 Å². The summed E-state index contributed by atoms with van der Waals surface area (Å²) in [5.41, 5.74) is 0. The van der Waals surface area contributed by atoms with E-state index in [1.807, 2.05) is 0 Å². The van der Waals surface area contributed by atoms with E-state index in [4.69, 9.17) is 4.74 Å². The summed E-state index contributed by atoms with van der Waals surface area (Å²) in [6.07, 6.45) is 19.7. The Morgan fingerprint density at radius 2 is 0.733 bits per heavy atom. The van der Waals surface area contributed by atoms with Gasteiger partial charge in [-0.25, -0.2) is 0 Å². The molecule has 0 aromatic rings. The second kappa shape index (κ2) is 7.24. The summed E-state index contributed by atoms with van der Waals surface area (Å²) >= 11 is 0. The zero-order valence-electron chi connectivity index (χ0n) is 18.9. The van der Waals surface area contributed by atoms with Gasteiger partial charge in [-0.05, 0) is 154 Å². The van der Waals surface area contributed by atoms with Crippen LogP contribution in [0.3, 0.4) is 0 Å². The average Bonchev–Trinajstić information content (AvgIpc) is 3.54. The normalized spacial score (nSPS) is 57.0. The van der Waals surface area contributed by atoms with Crippen LogP contribution in [0.4, 0.5) is 0 Å². The first-order valence-corrected chi connectivity index (χ1v) is 13.8. The first kappa shape index (κ1) is 19.0. The molecule has 1 saturated heterocycles. The maximum atomic E-state index is 12.1. The van der Waals surface area contributed by atoms with Gasteiger partial charge in [0.1, 0.15) is 0 Å². The Morgan fingerprint density at radius 3 is 1.13 bits per heavy atom. The van der Waals surface area contributed by atoms with Crippen molar-refractivity contribution in [1.82, 2.24) is 0 Å². The second-order valence-electron chi connectivity index (χ2n) is 13.3. The number of esters is 1. The van der Waals surface area contributed by atoms with E-state index >= 15 is 0 Å². The molecule has 7 aliphatic rings. The highest BCUT2D eigenvalue weighted by molar-refractivity contribution is 5.69. The van der Waals surface area contributed by atoms with Gasteiger partial charge in [-0.15, -0.1) is 0 Å². The van der Waals surface area contributed by atoms with Crippen molar-refractivity contribution in [3.8, 4) is 0 Å². The third-order valence-electron chi connectivity index (χ3n) is 10.9. The van der Waals surface area contributed by atoms with Gasteiger partial charge in [0.15, 0.2) is 0 Å². The van der Waals surface area contributed by atoms with Crippen molar-refractivity contribution in [3.05, 3.63) is 0 Å². The Hall–Kier alpha value is -0.530. The lowest BCUT2D eigenvalue weighted by Crippen LogP contribution is -2.07. The summed E-state index contributed by atoms with van der Waals surface area (Å²) in [6, 6.07) is 0. The lowest BCUT2D eigenvalue weighted by Gasteiger charge is -2.05. The molecule has 166 valence electrons. The molecule has 7 rings (SSSR count). The van der Waals surface area contributed by atoms with Crippen LogP contribution in [0.15, 0.2) is 0 Å². The van der Waals surface area contributed by atoms with Crippen LogP contribution in [0.25, 0.3) is 0 Å². The molecule has 1 heterocycles. The molecule has 0 aromatic heterocycles. The average molecular weight is 411 g/mol. The maximum Gasteiger partial charge on any atom is 0.305 e. The molecule has 0 aromatic carbocycles. The SMILES string of the molecule is O=C1CCC2CC2CC2CC2CC2CC2CC2CC2CC2CC2C[C@H]2CC2CCO1. The van der Waals surface area contributed by atoms with Crippen LogP contribution in [0.1, 0.15) is 89.9 Å². The molecule has 2 heteroatoms. The molecule has 12 atom stereocenters. The van der Waals surface area contributed by atoms with Crippen LogP contribution in [0, 0.1) is 71.0 Å². The summed E-state index contributed by atoms with van der Waals surface area (Å²) < 4.78 is 5.60. The van der Waals surface area contributed by atoms with Gasteiger partial charge in [0.05, 0.1) is 6.61 Å². The third kappa shape index (κ3) is 4.36. The second-order valence-corrected chi connectivity index (χ2v) is 13.3. The number of carbonyl (C=O) groups excluding carboxylic acids is 1. The van der Waals surface area contributed by atoms with Gasteiger partial charge in [-0.1, -0.05) is 0 Å². The van der Waals surface area contributed by atoms with E-state index in [2.05, 4.69) is 0 Å². The highest BCUT2D eigenvalue weighted by Crippen LogP contribution is 2.62. The molecule has 1 aliphatic heterocycles. The van der Waals surface area contributed by atoms with Crippen LogP contribution in [0.5, 0.6) is 0 Å². The van der Waals surface area contributed by atoms with Gasteiger partial charge in [0, 0.05) is 6.42 Å². The predicted octanol–water partition coefficient (Wildman–Crippen LogP) is 6.48. The fourth-order valence-corrected chi connectivity index (χ4v) is 8.10. The molecule has 0 spiro atoms. The van der Waals surface area contributed by atoms with Crippen molar-refractivity contribution >= 4 is 5.97 Å². The molecule has 6 saturated carbocycles. The monoisotopic (exact) mass is 410 g/mol. The Morgan fingerprint density at radius 1 is 0.433 bits per heavy atom. The fourth-order valence-electron chi connectivity index (χ4n) is 8.10. The van der Waals surface area contributed by atoms with Gasteiger partial charge in [0.2, 0.25) is 0 Å². The van der Waals surface area contributed by atoms with E-state index < -0.39 is 0 Å². The highest BCUT2D eigenvalue weighted by atomic mass is 16.5. The topological polar surface area (TPSA) is 26.3 Å². The molecule has 0 amide bonds. The quantitative estimate of drug-likeness (QED) is 0.427. The van der Waals surface area contributed by atoms with E-state index in [0.717, 1.165) is 83.9 Å². The zero-order chi connectivity index (χ0) is 19.8. The third-order valence-corrected chi connectivity index (χ3v) is 10.9. The van der Waals surface area contributed by atoms with Crippen molar-refractivity contribution in [2.75, 3.05) is 6.61 Å². The van der Waals surface area contributed by atoms with Gasteiger partial charge in [-0.2, -0.15) is 0 Å². The number of carbonyl (C=O) groups is 1. The Labute approximate surface area is 183 Å². The van der Waals surface area contributed by atoms with Crippen molar-refractivity contribution in [3.63, 3.8) is 0 Å². The summed E-state index contributed by atoms with van der Waals surface area (Å²) in [4.78, 5) is 12.1. The molecule has 0 N–H and O–H groups in total. The van der Waals surface area contributed by atoms with Crippen molar-refractivity contribution in [2.45, 2.75) is 89.9 Å². The highest BCUT2D eigenvalue weighted by Gasteiger charge is 2.52. The minimum atomic E-state index is 0.0848. The molecule has 6 aliphatic carbocycles. The van der Waals surface area contributed by atoms with E-state index in [9.17, 15) is 4.79 Å². The lowest BCUT2D eigenvalue weighted by molar-refractivity contribution is -0.144. The molecule has 7 fully saturated rings. The van der Waals surface area contributed by atoms with E-state index in [-0.39, 0.29) is 5.97 Å². The van der Waals surface area contributed by atoms with Gasteiger partial charge in [0.25, 0.3) is 0 Å². The Bertz CT molecular complexity index is 686. The number of cyclic esters (lactones) is 1. The minimum Gasteiger partial charge on any atom is -0.466 e. The summed E-state index contributed by atoms with van der Waals surface area (Å²) in [5.74, 6) is 12.5. The molecule has 2 nitrogen and oxygen atoms in total. The largest absolute Gasteiger partial charge is 0.466 e. The molecular weight excluding hydrogens is 368 g/mol. The smallest absolute Gasteiger partial charge is 0.305 e. The minimum absolute atomic E-state index is 0.0848. The maximum absolute atomic E-state index is 12.1. The van der Waals surface area contributed by atoms with Crippen LogP contribution < -0.4 is 0 Å². The van der Waals surface area contributed by atoms with Crippen molar-refractivity contribution in [2.24, 2.45) is 71.0 Å². The van der Waals surface area contributed by atoms with Crippen molar-refractivity contribution in [1.29, 1.82) is 0 Å². The van der Waals surface area contributed by atoms with Gasteiger partial charge >= 0.3 is 5.97 Å². The lowest BCUT2D eigenvalue weighted by atomic mass is 10.0. The molecule has 11 unspecified atom stereocenters. The van der Waals surface area contributed by atoms with Crippen LogP contribution in [-0.2, 0) is 9.53 Å². The molecule has 0 radical (unpaired) electrons. The zero-order valence-corrected chi connectivity index (χ0v) is 18.9. The first-order chi connectivity index (χ1) is 14.7. The van der Waals surface area contributed by atoms with Crippen LogP contribution in [-0.4, -0.2) is 12.6 Å². The predicted molar refractivity (Wildman–Crippen MR) is 117 cm³/mol.